The van der Waals surface area contributed by atoms with E-state index in [4.69, 9.17) is 22.6 Å². The highest BCUT2D eigenvalue weighted by Gasteiger charge is 2.30. The van der Waals surface area contributed by atoms with E-state index in [0.29, 0.717) is 29.4 Å². The highest BCUT2D eigenvalue weighted by atomic mass is 35.5. The first kappa shape index (κ1) is 15.3. The Labute approximate surface area is 128 Å². The number of hydrogen-bond acceptors (Lipinski definition) is 4. The number of rotatable bonds is 2. The summed E-state index contributed by atoms with van der Waals surface area (Å²) in [5, 5.41) is 9.22. The maximum absolute atomic E-state index is 12.2. The molecule has 21 heavy (non-hydrogen) atoms. The molecule has 1 aliphatic rings. The quantitative estimate of drug-likeness (QED) is 0.664. The van der Waals surface area contributed by atoms with Crippen LogP contribution in [0.1, 0.15) is 31.7 Å². The number of amidine groups is 1. The van der Waals surface area contributed by atoms with Gasteiger partial charge >= 0.3 is 0 Å². The molecule has 2 rings (SSSR count). The van der Waals surface area contributed by atoms with Crippen LogP contribution in [0.4, 0.5) is 5.82 Å². The average molecular weight is 306 g/mol. The lowest BCUT2D eigenvalue weighted by atomic mass is 10.0. The van der Waals surface area contributed by atoms with Gasteiger partial charge in [-0.3, -0.25) is 4.79 Å². The Morgan fingerprint density at radius 1 is 1.62 bits per heavy atom. The van der Waals surface area contributed by atoms with E-state index in [1.54, 1.807) is 13.0 Å². The topological polar surface area (TPSA) is 95.4 Å². The van der Waals surface area contributed by atoms with Gasteiger partial charge in [-0.25, -0.2) is 4.98 Å². The molecule has 1 aromatic heterocycles. The number of nitrogens with two attached hydrogens (primary N) is 1. The summed E-state index contributed by atoms with van der Waals surface area (Å²) in [4.78, 5) is 22.1. The Bertz CT molecular complexity index is 618. The summed E-state index contributed by atoms with van der Waals surface area (Å²) in [6, 6.07) is 3.13. The molecule has 0 saturated carbocycles. The minimum absolute atomic E-state index is 0.240. The number of aliphatic imine (C=N–C) groups is 1. The monoisotopic (exact) mass is 305 g/mol. The molecule has 1 atom stereocenters. The van der Waals surface area contributed by atoms with Gasteiger partial charge in [0, 0.05) is 12.7 Å². The number of carbonyl (C=O) groups is 1. The third kappa shape index (κ3) is 3.50. The van der Waals surface area contributed by atoms with Crippen molar-refractivity contribution in [1.82, 2.24) is 4.98 Å². The molecule has 0 bridgehead atoms. The van der Waals surface area contributed by atoms with Crippen molar-refractivity contribution in [2.75, 3.05) is 11.4 Å². The van der Waals surface area contributed by atoms with E-state index in [1.807, 2.05) is 11.0 Å². The van der Waals surface area contributed by atoms with Crippen LogP contribution in [0.3, 0.4) is 0 Å². The van der Waals surface area contributed by atoms with Gasteiger partial charge in [-0.15, -0.1) is 0 Å². The van der Waals surface area contributed by atoms with Crippen LogP contribution in [0.25, 0.3) is 0 Å². The molecule has 1 amide bonds. The van der Waals surface area contributed by atoms with Crippen LogP contribution in [0, 0.1) is 11.3 Å². The Balaban J connectivity index is 2.33. The number of carbonyl (C=O) groups excluding carboxylic acids is 1. The number of hydrogen-bond donors (Lipinski definition) is 1. The molecule has 1 fully saturated rings. The molecule has 0 aromatic carbocycles. The summed E-state index contributed by atoms with van der Waals surface area (Å²) in [5.41, 5.74) is 5.87. The van der Waals surface area contributed by atoms with E-state index in [2.05, 4.69) is 9.98 Å². The van der Waals surface area contributed by atoms with Crippen molar-refractivity contribution in [2.24, 2.45) is 10.7 Å². The molecule has 1 aliphatic heterocycles. The Hall–Kier alpha value is -2.13. The standard InChI is InChI=1S/C14H16ClN5O/c1-9(17)19-14(21)12-4-2-3-5-20(12)13-11(15)6-10(7-16)8-18-13/h6,8,12H,2-5H2,1H3,(H2,17,19,21). The van der Waals surface area contributed by atoms with Crippen molar-refractivity contribution in [1.29, 1.82) is 5.26 Å². The highest BCUT2D eigenvalue weighted by Crippen LogP contribution is 2.30. The van der Waals surface area contributed by atoms with Gasteiger partial charge in [0.25, 0.3) is 5.91 Å². The largest absolute Gasteiger partial charge is 0.387 e. The zero-order chi connectivity index (χ0) is 15.4. The van der Waals surface area contributed by atoms with E-state index < -0.39 is 6.04 Å². The first-order chi connectivity index (χ1) is 10.0. The number of aromatic nitrogens is 1. The molecule has 1 unspecified atom stereocenters. The zero-order valence-corrected chi connectivity index (χ0v) is 12.5. The van der Waals surface area contributed by atoms with E-state index >= 15 is 0 Å². The van der Waals surface area contributed by atoms with E-state index in [0.717, 1.165) is 12.8 Å². The normalized spacial score (nSPS) is 19.2. The summed E-state index contributed by atoms with van der Waals surface area (Å²) in [6.07, 6.45) is 4.04. The van der Waals surface area contributed by atoms with Crippen LogP contribution in [-0.2, 0) is 4.79 Å². The third-order valence-corrected chi connectivity index (χ3v) is 3.58. The fourth-order valence-electron chi connectivity index (χ4n) is 2.39. The molecule has 2 N–H and O–H groups in total. The molecule has 0 aliphatic carbocycles. The molecule has 1 aromatic rings. The minimum atomic E-state index is -0.407. The first-order valence-corrected chi connectivity index (χ1v) is 7.07. The minimum Gasteiger partial charge on any atom is -0.387 e. The van der Waals surface area contributed by atoms with Crippen LogP contribution < -0.4 is 10.6 Å². The molecular weight excluding hydrogens is 290 g/mol. The van der Waals surface area contributed by atoms with Gasteiger partial charge < -0.3 is 10.6 Å². The van der Waals surface area contributed by atoms with Gasteiger partial charge in [-0.1, -0.05) is 11.6 Å². The maximum atomic E-state index is 12.2. The van der Waals surface area contributed by atoms with Crippen molar-refractivity contribution < 1.29 is 4.79 Å². The van der Waals surface area contributed by atoms with Gasteiger partial charge in [0.2, 0.25) is 0 Å². The van der Waals surface area contributed by atoms with Gasteiger partial charge in [0.05, 0.1) is 16.4 Å². The van der Waals surface area contributed by atoms with Crippen molar-refractivity contribution in [2.45, 2.75) is 32.2 Å². The second kappa shape index (κ2) is 6.55. The Morgan fingerprint density at radius 3 is 3.00 bits per heavy atom. The number of nitriles is 1. The van der Waals surface area contributed by atoms with Crippen molar-refractivity contribution in [3.8, 4) is 6.07 Å². The van der Waals surface area contributed by atoms with Crippen LogP contribution in [-0.4, -0.2) is 29.3 Å². The number of piperidine rings is 1. The van der Waals surface area contributed by atoms with E-state index in [1.165, 1.54) is 6.20 Å². The molecule has 0 spiro atoms. The van der Waals surface area contributed by atoms with Crippen LogP contribution >= 0.6 is 11.6 Å². The lowest BCUT2D eigenvalue weighted by Crippen LogP contribution is -2.45. The molecule has 7 heteroatoms. The first-order valence-electron chi connectivity index (χ1n) is 6.70. The molecule has 110 valence electrons. The number of amides is 1. The predicted molar refractivity (Wildman–Crippen MR) is 81.3 cm³/mol. The fourth-order valence-corrected chi connectivity index (χ4v) is 2.67. The maximum Gasteiger partial charge on any atom is 0.270 e. The number of nitrogens with zero attached hydrogens (tertiary/aromatic N) is 4. The highest BCUT2D eigenvalue weighted by molar-refractivity contribution is 6.33. The Morgan fingerprint density at radius 2 is 2.38 bits per heavy atom. The summed E-state index contributed by atoms with van der Waals surface area (Å²) >= 11 is 6.19. The lowest BCUT2D eigenvalue weighted by Gasteiger charge is -2.35. The third-order valence-electron chi connectivity index (χ3n) is 3.30. The van der Waals surface area contributed by atoms with Gasteiger partial charge in [0.1, 0.15) is 17.9 Å². The van der Waals surface area contributed by atoms with Crippen molar-refractivity contribution in [3.63, 3.8) is 0 Å². The molecular formula is C14H16ClN5O. The zero-order valence-electron chi connectivity index (χ0n) is 11.7. The van der Waals surface area contributed by atoms with Gasteiger partial charge in [-0.05, 0) is 32.3 Å². The number of pyridine rings is 1. The fraction of sp³-hybridized carbons (Fsp3) is 0.429. The lowest BCUT2D eigenvalue weighted by molar-refractivity contribution is -0.119. The van der Waals surface area contributed by atoms with Gasteiger partial charge in [0.15, 0.2) is 0 Å². The van der Waals surface area contributed by atoms with E-state index in [9.17, 15) is 4.79 Å². The van der Waals surface area contributed by atoms with Crippen molar-refractivity contribution in [3.05, 3.63) is 22.8 Å². The SMILES string of the molecule is CC(N)=NC(=O)C1CCCCN1c1ncc(C#N)cc1Cl. The summed E-state index contributed by atoms with van der Waals surface area (Å²) < 4.78 is 0. The summed E-state index contributed by atoms with van der Waals surface area (Å²) in [6.45, 7) is 2.26. The van der Waals surface area contributed by atoms with E-state index in [-0.39, 0.29) is 11.7 Å². The predicted octanol–water partition coefficient (Wildman–Crippen LogP) is 1.87. The smallest absolute Gasteiger partial charge is 0.270 e. The Kier molecular flexibility index (Phi) is 4.76. The second-order valence-electron chi connectivity index (χ2n) is 4.94. The van der Waals surface area contributed by atoms with Crippen LogP contribution in [0.15, 0.2) is 17.3 Å². The molecule has 6 nitrogen and oxygen atoms in total. The summed E-state index contributed by atoms with van der Waals surface area (Å²) in [5.74, 6) is 0.472. The second-order valence-corrected chi connectivity index (χ2v) is 5.34. The van der Waals surface area contributed by atoms with Crippen LogP contribution in [0.5, 0.6) is 0 Å². The summed E-state index contributed by atoms with van der Waals surface area (Å²) in [7, 11) is 0. The molecule has 0 radical (unpaired) electrons. The number of halogens is 1. The number of anilines is 1. The van der Waals surface area contributed by atoms with Crippen molar-refractivity contribution >= 4 is 29.2 Å². The molecule has 1 saturated heterocycles. The van der Waals surface area contributed by atoms with Gasteiger partial charge in [-0.2, -0.15) is 10.3 Å². The molecule has 2 heterocycles. The van der Waals surface area contributed by atoms with Crippen LogP contribution in [0.2, 0.25) is 5.02 Å². The average Bonchev–Trinajstić information content (AvgIpc) is 2.46.